The molecule has 0 bridgehead atoms. The Bertz CT molecular complexity index is 429. The van der Waals surface area contributed by atoms with Crippen molar-refractivity contribution in [2.24, 2.45) is 11.7 Å². The van der Waals surface area contributed by atoms with Crippen LogP contribution in [0.5, 0.6) is 5.75 Å². The van der Waals surface area contributed by atoms with E-state index in [9.17, 15) is 4.79 Å². The van der Waals surface area contributed by atoms with Crippen LogP contribution >= 0.6 is 31.9 Å². The highest BCUT2D eigenvalue weighted by atomic mass is 79.9. The van der Waals surface area contributed by atoms with E-state index in [1.54, 1.807) is 6.92 Å². The molecule has 0 saturated carbocycles. The van der Waals surface area contributed by atoms with E-state index in [-0.39, 0.29) is 18.4 Å². The zero-order valence-electron chi connectivity index (χ0n) is 11.0. The highest BCUT2D eigenvalue weighted by Gasteiger charge is 2.13. The highest BCUT2D eigenvalue weighted by molar-refractivity contribution is 9.11. The summed E-state index contributed by atoms with van der Waals surface area (Å²) in [4.78, 5) is 11.0. The van der Waals surface area contributed by atoms with E-state index in [0.717, 1.165) is 27.6 Å². The molecule has 0 aliphatic rings. The number of amides is 1. The zero-order chi connectivity index (χ0) is 14.4. The summed E-state index contributed by atoms with van der Waals surface area (Å²) < 4.78 is 7.34. The lowest BCUT2D eigenvalue weighted by molar-refractivity contribution is -0.122. The van der Waals surface area contributed by atoms with Gasteiger partial charge in [0.25, 0.3) is 0 Å². The van der Waals surface area contributed by atoms with Gasteiger partial charge in [-0.05, 0) is 56.1 Å². The van der Waals surface area contributed by atoms with E-state index in [1.807, 2.05) is 12.1 Å². The minimum Gasteiger partial charge on any atom is -0.490 e. The number of benzene rings is 1. The monoisotopic (exact) mass is 392 g/mol. The van der Waals surface area contributed by atoms with Crippen LogP contribution in [-0.4, -0.2) is 19.1 Å². The van der Waals surface area contributed by atoms with E-state index >= 15 is 0 Å². The van der Waals surface area contributed by atoms with Gasteiger partial charge in [0, 0.05) is 6.54 Å². The van der Waals surface area contributed by atoms with Crippen LogP contribution in [0, 0.1) is 5.92 Å². The summed E-state index contributed by atoms with van der Waals surface area (Å²) in [6, 6.07) is 4.00. The van der Waals surface area contributed by atoms with Crippen LogP contribution in [0.4, 0.5) is 0 Å². The van der Waals surface area contributed by atoms with E-state index in [4.69, 9.17) is 10.5 Å². The van der Waals surface area contributed by atoms with Crippen molar-refractivity contribution in [1.29, 1.82) is 0 Å². The molecule has 1 atom stereocenters. The number of rotatable bonds is 7. The maximum Gasteiger partial charge on any atom is 0.223 e. The molecular formula is C13H18Br2N2O2. The van der Waals surface area contributed by atoms with Crippen molar-refractivity contribution >= 4 is 37.8 Å². The van der Waals surface area contributed by atoms with Gasteiger partial charge in [-0.25, -0.2) is 0 Å². The molecule has 0 aliphatic carbocycles. The fraction of sp³-hybridized carbons (Fsp3) is 0.462. The molecule has 6 heteroatoms. The van der Waals surface area contributed by atoms with Crippen molar-refractivity contribution in [3.05, 3.63) is 26.6 Å². The predicted octanol–water partition coefficient (Wildman–Crippen LogP) is 2.82. The van der Waals surface area contributed by atoms with Gasteiger partial charge in [0.1, 0.15) is 5.75 Å². The minimum atomic E-state index is -0.365. The maximum absolute atomic E-state index is 11.0. The standard InChI is InChI=1S/C13H18Br2N2O2/c1-3-17-6-9-4-10(14)12(11(15)5-9)19-7-8(2)13(16)18/h4-5,8,17H,3,6-7H2,1-2H3,(H2,16,18). The summed E-state index contributed by atoms with van der Waals surface area (Å²) in [5.41, 5.74) is 6.35. The van der Waals surface area contributed by atoms with Crippen LogP contribution in [0.15, 0.2) is 21.1 Å². The molecule has 0 fully saturated rings. The first-order valence-electron chi connectivity index (χ1n) is 6.06. The average Bonchev–Trinajstić information content (AvgIpc) is 2.34. The fourth-order valence-electron chi connectivity index (χ4n) is 1.41. The molecule has 0 heterocycles. The fourth-order valence-corrected chi connectivity index (χ4v) is 2.92. The molecule has 19 heavy (non-hydrogen) atoms. The Morgan fingerprint density at radius 2 is 2.00 bits per heavy atom. The first-order valence-corrected chi connectivity index (χ1v) is 7.65. The second-order valence-corrected chi connectivity index (χ2v) is 5.99. The third-order valence-electron chi connectivity index (χ3n) is 2.60. The average molecular weight is 394 g/mol. The lowest BCUT2D eigenvalue weighted by atomic mass is 10.2. The second-order valence-electron chi connectivity index (χ2n) is 4.28. The minimum absolute atomic E-state index is 0.263. The van der Waals surface area contributed by atoms with E-state index in [0.29, 0.717) is 5.75 Å². The van der Waals surface area contributed by atoms with E-state index < -0.39 is 0 Å². The van der Waals surface area contributed by atoms with Gasteiger partial charge in [-0.15, -0.1) is 0 Å². The van der Waals surface area contributed by atoms with Crippen LogP contribution in [0.1, 0.15) is 19.4 Å². The van der Waals surface area contributed by atoms with E-state index in [2.05, 4.69) is 44.1 Å². The lowest BCUT2D eigenvalue weighted by Gasteiger charge is -2.14. The summed E-state index contributed by atoms with van der Waals surface area (Å²) in [7, 11) is 0. The molecule has 3 N–H and O–H groups in total. The van der Waals surface area contributed by atoms with Crippen molar-refractivity contribution in [3.8, 4) is 5.75 Å². The van der Waals surface area contributed by atoms with Crippen LogP contribution in [0.25, 0.3) is 0 Å². The number of ether oxygens (including phenoxy) is 1. The SMILES string of the molecule is CCNCc1cc(Br)c(OCC(C)C(N)=O)c(Br)c1. The number of hydrogen-bond donors (Lipinski definition) is 2. The molecule has 0 aromatic heterocycles. The van der Waals surface area contributed by atoms with Crippen molar-refractivity contribution in [3.63, 3.8) is 0 Å². The third-order valence-corrected chi connectivity index (χ3v) is 3.78. The summed E-state index contributed by atoms with van der Waals surface area (Å²) in [6.45, 7) is 5.78. The van der Waals surface area contributed by atoms with Gasteiger partial charge in [-0.2, -0.15) is 0 Å². The van der Waals surface area contributed by atoms with Crippen molar-refractivity contribution in [2.75, 3.05) is 13.2 Å². The molecule has 106 valence electrons. The molecule has 4 nitrogen and oxygen atoms in total. The Kier molecular flexibility index (Phi) is 6.82. The summed E-state index contributed by atoms with van der Waals surface area (Å²) in [5, 5.41) is 3.26. The first kappa shape index (κ1) is 16.5. The van der Waals surface area contributed by atoms with Gasteiger partial charge in [0.2, 0.25) is 5.91 Å². The molecule has 0 spiro atoms. The third kappa shape index (κ3) is 5.12. The lowest BCUT2D eigenvalue weighted by Crippen LogP contribution is -2.25. The Labute approximate surface area is 130 Å². The van der Waals surface area contributed by atoms with Gasteiger partial charge in [-0.1, -0.05) is 13.8 Å². The Morgan fingerprint density at radius 1 is 1.42 bits per heavy atom. The normalized spacial score (nSPS) is 12.2. The molecule has 1 amide bonds. The van der Waals surface area contributed by atoms with Crippen molar-refractivity contribution in [2.45, 2.75) is 20.4 Å². The maximum atomic E-state index is 11.0. The topological polar surface area (TPSA) is 64.3 Å². The summed E-state index contributed by atoms with van der Waals surface area (Å²) >= 11 is 6.96. The number of nitrogens with one attached hydrogen (secondary N) is 1. The Hall–Kier alpha value is -0.590. The van der Waals surface area contributed by atoms with Crippen molar-refractivity contribution < 1.29 is 9.53 Å². The number of carbonyl (C=O) groups excluding carboxylic acids is 1. The Balaban J connectivity index is 2.76. The van der Waals surface area contributed by atoms with Gasteiger partial charge in [-0.3, -0.25) is 4.79 Å². The molecule has 0 aliphatic heterocycles. The summed E-state index contributed by atoms with van der Waals surface area (Å²) in [5.74, 6) is 0.00425. The number of primary amides is 1. The molecular weight excluding hydrogens is 376 g/mol. The molecule has 1 aromatic rings. The molecule has 1 unspecified atom stereocenters. The van der Waals surface area contributed by atoms with Crippen LogP contribution in [0.3, 0.4) is 0 Å². The van der Waals surface area contributed by atoms with E-state index in [1.165, 1.54) is 0 Å². The van der Waals surface area contributed by atoms with Gasteiger partial charge < -0.3 is 15.8 Å². The van der Waals surface area contributed by atoms with Crippen LogP contribution < -0.4 is 15.8 Å². The Morgan fingerprint density at radius 3 is 2.47 bits per heavy atom. The number of carbonyl (C=O) groups is 1. The molecule has 1 aromatic carbocycles. The van der Waals surface area contributed by atoms with Gasteiger partial charge >= 0.3 is 0 Å². The zero-order valence-corrected chi connectivity index (χ0v) is 14.2. The number of halogens is 2. The largest absolute Gasteiger partial charge is 0.490 e. The first-order chi connectivity index (χ1) is 8.95. The van der Waals surface area contributed by atoms with Gasteiger partial charge in [0.05, 0.1) is 21.5 Å². The number of hydrogen-bond acceptors (Lipinski definition) is 3. The molecule has 0 saturated heterocycles. The highest BCUT2D eigenvalue weighted by Crippen LogP contribution is 2.35. The smallest absolute Gasteiger partial charge is 0.223 e. The molecule has 0 radical (unpaired) electrons. The predicted molar refractivity (Wildman–Crippen MR) is 83.1 cm³/mol. The number of nitrogens with two attached hydrogens (primary N) is 1. The van der Waals surface area contributed by atoms with Gasteiger partial charge in [0.15, 0.2) is 0 Å². The molecule has 1 rings (SSSR count). The summed E-state index contributed by atoms with van der Waals surface area (Å²) in [6.07, 6.45) is 0. The van der Waals surface area contributed by atoms with Crippen LogP contribution in [-0.2, 0) is 11.3 Å². The second kappa shape index (κ2) is 7.87. The van der Waals surface area contributed by atoms with Crippen LogP contribution in [0.2, 0.25) is 0 Å². The van der Waals surface area contributed by atoms with Crippen molar-refractivity contribution in [1.82, 2.24) is 5.32 Å². The quantitative estimate of drug-likeness (QED) is 0.748.